The molecule has 0 amide bonds. The van der Waals surface area contributed by atoms with Crippen LogP contribution in [0.4, 0.5) is 5.69 Å². The van der Waals surface area contributed by atoms with E-state index in [-0.39, 0.29) is 18.0 Å². The van der Waals surface area contributed by atoms with Gasteiger partial charge in [0.2, 0.25) is 10.0 Å². The highest BCUT2D eigenvalue weighted by atomic mass is 32.2. The van der Waals surface area contributed by atoms with Crippen LogP contribution in [0.2, 0.25) is 0 Å². The number of rotatable bonds is 5. The van der Waals surface area contributed by atoms with Crippen LogP contribution in [-0.4, -0.2) is 24.9 Å². The van der Waals surface area contributed by atoms with Crippen molar-refractivity contribution in [3.63, 3.8) is 0 Å². The Bertz CT molecular complexity index is 729. The van der Waals surface area contributed by atoms with Gasteiger partial charge < -0.3 is 10.8 Å². The average Bonchev–Trinajstić information content (AvgIpc) is 2.43. The predicted octanol–water partition coefficient (Wildman–Crippen LogP) is 1.94. The number of aromatic hydroxyl groups is 1. The zero-order valence-electron chi connectivity index (χ0n) is 11.7. The van der Waals surface area contributed by atoms with Crippen molar-refractivity contribution in [2.75, 3.05) is 12.8 Å². The minimum absolute atomic E-state index is 0.0822. The maximum Gasteiger partial charge on any atom is 0.218 e. The normalized spacial score (nSPS) is 11.7. The first-order valence-corrected chi connectivity index (χ1v) is 8.05. The molecule has 112 valence electrons. The summed E-state index contributed by atoms with van der Waals surface area (Å²) in [6, 6.07) is 13.6. The number of hydrogen-bond donors (Lipinski definition) is 2. The van der Waals surface area contributed by atoms with Crippen LogP contribution in [0.15, 0.2) is 48.5 Å². The summed E-state index contributed by atoms with van der Waals surface area (Å²) in [5.74, 6) is -0.0807. The van der Waals surface area contributed by atoms with Gasteiger partial charge >= 0.3 is 0 Å². The van der Waals surface area contributed by atoms with Gasteiger partial charge in [-0.15, -0.1) is 0 Å². The van der Waals surface area contributed by atoms with Gasteiger partial charge in [0.25, 0.3) is 0 Å². The molecule has 0 aromatic heterocycles. The van der Waals surface area contributed by atoms with Crippen LogP contribution in [0, 0.1) is 0 Å². The monoisotopic (exact) mass is 306 g/mol. The van der Waals surface area contributed by atoms with Gasteiger partial charge in [-0.3, -0.25) is 0 Å². The second-order valence-corrected chi connectivity index (χ2v) is 6.92. The summed E-state index contributed by atoms with van der Waals surface area (Å²) in [7, 11) is -2.02. The third-order valence-electron chi connectivity index (χ3n) is 3.25. The van der Waals surface area contributed by atoms with E-state index >= 15 is 0 Å². The molecule has 0 atom stereocenters. The van der Waals surface area contributed by atoms with Crippen LogP contribution in [0.3, 0.4) is 0 Å². The molecule has 21 heavy (non-hydrogen) atoms. The number of benzene rings is 2. The lowest BCUT2D eigenvalue weighted by Crippen LogP contribution is -2.28. The molecule has 0 aliphatic heterocycles. The van der Waals surface area contributed by atoms with E-state index in [1.165, 1.54) is 17.4 Å². The van der Waals surface area contributed by atoms with Gasteiger partial charge in [0, 0.05) is 24.8 Å². The van der Waals surface area contributed by atoms with Gasteiger partial charge in [-0.05, 0) is 17.7 Å². The first-order valence-electron chi connectivity index (χ1n) is 6.44. The van der Waals surface area contributed by atoms with Crippen molar-refractivity contribution in [1.29, 1.82) is 0 Å². The lowest BCUT2D eigenvalue weighted by atomic mass is 10.2. The van der Waals surface area contributed by atoms with E-state index in [0.717, 1.165) is 0 Å². The molecule has 2 aromatic rings. The molecular formula is C15H18N2O3S. The number of anilines is 1. The highest BCUT2D eigenvalue weighted by Crippen LogP contribution is 2.21. The van der Waals surface area contributed by atoms with Crippen molar-refractivity contribution in [3.05, 3.63) is 59.7 Å². The van der Waals surface area contributed by atoms with Crippen LogP contribution in [0.5, 0.6) is 5.75 Å². The molecule has 2 aromatic carbocycles. The Morgan fingerprint density at radius 3 is 2.24 bits per heavy atom. The molecule has 0 aliphatic carbocycles. The van der Waals surface area contributed by atoms with Crippen molar-refractivity contribution in [2.24, 2.45) is 0 Å². The number of hydrogen-bond acceptors (Lipinski definition) is 4. The molecule has 6 heteroatoms. The number of para-hydroxylation sites is 2. The Morgan fingerprint density at radius 1 is 1.05 bits per heavy atom. The number of nitrogens with two attached hydrogens (primary N) is 1. The summed E-state index contributed by atoms with van der Waals surface area (Å²) in [6.45, 7) is 0.113. The zero-order chi connectivity index (χ0) is 15.5. The number of nitrogen functional groups attached to an aromatic ring is 1. The maximum atomic E-state index is 12.4. The third kappa shape index (κ3) is 3.74. The second kappa shape index (κ2) is 6.15. The molecule has 0 bridgehead atoms. The highest BCUT2D eigenvalue weighted by molar-refractivity contribution is 7.88. The van der Waals surface area contributed by atoms with Crippen LogP contribution in [-0.2, 0) is 22.3 Å². The van der Waals surface area contributed by atoms with Crippen molar-refractivity contribution >= 4 is 15.7 Å². The Labute approximate surface area is 124 Å². The summed E-state index contributed by atoms with van der Waals surface area (Å²) >= 11 is 0. The van der Waals surface area contributed by atoms with E-state index in [9.17, 15) is 13.5 Å². The van der Waals surface area contributed by atoms with Gasteiger partial charge in [0.05, 0.1) is 5.75 Å². The van der Waals surface area contributed by atoms with Crippen LogP contribution < -0.4 is 5.73 Å². The summed E-state index contributed by atoms with van der Waals surface area (Å²) < 4.78 is 25.9. The van der Waals surface area contributed by atoms with E-state index in [4.69, 9.17) is 5.73 Å². The highest BCUT2D eigenvalue weighted by Gasteiger charge is 2.20. The number of phenols is 1. The van der Waals surface area contributed by atoms with Gasteiger partial charge in [0.1, 0.15) is 5.75 Å². The summed E-state index contributed by atoms with van der Waals surface area (Å²) in [4.78, 5) is 0. The zero-order valence-corrected chi connectivity index (χ0v) is 12.5. The first-order chi connectivity index (χ1) is 9.90. The number of sulfonamides is 1. The van der Waals surface area contributed by atoms with Crippen molar-refractivity contribution in [1.82, 2.24) is 4.31 Å². The fraction of sp³-hybridized carbons (Fsp3) is 0.200. The van der Waals surface area contributed by atoms with E-state index in [1.54, 1.807) is 42.5 Å². The van der Waals surface area contributed by atoms with Crippen LogP contribution in [0.1, 0.15) is 11.1 Å². The van der Waals surface area contributed by atoms with Crippen molar-refractivity contribution in [2.45, 2.75) is 12.3 Å². The molecule has 0 heterocycles. The summed E-state index contributed by atoms with van der Waals surface area (Å²) in [6.07, 6.45) is 0. The molecule has 0 unspecified atom stereocenters. The minimum Gasteiger partial charge on any atom is -0.508 e. The molecule has 0 aliphatic rings. The molecular weight excluding hydrogens is 288 g/mol. The van der Waals surface area contributed by atoms with E-state index in [1.807, 2.05) is 0 Å². The Morgan fingerprint density at radius 2 is 1.62 bits per heavy atom. The molecule has 0 saturated carbocycles. The Hall–Kier alpha value is -2.05. The van der Waals surface area contributed by atoms with E-state index < -0.39 is 10.0 Å². The van der Waals surface area contributed by atoms with Crippen molar-refractivity contribution < 1.29 is 13.5 Å². The second-order valence-electron chi connectivity index (χ2n) is 4.84. The molecule has 5 nitrogen and oxygen atoms in total. The maximum absolute atomic E-state index is 12.4. The summed E-state index contributed by atoms with van der Waals surface area (Å²) in [5, 5.41) is 9.72. The fourth-order valence-electron chi connectivity index (χ4n) is 1.96. The molecule has 3 N–H and O–H groups in total. The van der Waals surface area contributed by atoms with Crippen LogP contribution in [0.25, 0.3) is 0 Å². The van der Waals surface area contributed by atoms with Gasteiger partial charge in [-0.1, -0.05) is 36.4 Å². The van der Waals surface area contributed by atoms with Gasteiger partial charge in [-0.2, -0.15) is 0 Å². The topological polar surface area (TPSA) is 83.6 Å². The minimum atomic E-state index is -3.51. The van der Waals surface area contributed by atoms with E-state index in [2.05, 4.69) is 0 Å². The Kier molecular flexibility index (Phi) is 4.50. The molecule has 2 rings (SSSR count). The first kappa shape index (κ1) is 15.3. The Balaban J connectivity index is 2.16. The lowest BCUT2D eigenvalue weighted by Gasteiger charge is -2.18. The fourth-order valence-corrected chi connectivity index (χ4v) is 3.17. The van der Waals surface area contributed by atoms with E-state index in [0.29, 0.717) is 16.8 Å². The van der Waals surface area contributed by atoms with Gasteiger partial charge in [0.15, 0.2) is 0 Å². The lowest BCUT2D eigenvalue weighted by molar-refractivity contribution is 0.435. The van der Waals surface area contributed by atoms with Crippen molar-refractivity contribution in [3.8, 4) is 5.75 Å². The molecule has 0 saturated heterocycles. The third-order valence-corrected chi connectivity index (χ3v) is 5.01. The molecule has 0 radical (unpaired) electrons. The SMILES string of the molecule is CN(Cc1ccccc1O)S(=O)(=O)Cc1ccccc1N. The number of phenolic OH excluding ortho intramolecular Hbond substituents is 1. The number of nitrogens with zero attached hydrogens (tertiary/aromatic N) is 1. The standard InChI is InChI=1S/C15H18N2O3S/c1-17(10-12-6-3-5-9-15(12)18)21(19,20)11-13-7-2-4-8-14(13)16/h2-9,18H,10-11,16H2,1H3. The molecule has 0 spiro atoms. The smallest absolute Gasteiger partial charge is 0.218 e. The quantitative estimate of drug-likeness (QED) is 0.827. The van der Waals surface area contributed by atoms with Crippen LogP contribution >= 0.6 is 0 Å². The largest absolute Gasteiger partial charge is 0.508 e. The average molecular weight is 306 g/mol. The van der Waals surface area contributed by atoms with Gasteiger partial charge in [-0.25, -0.2) is 12.7 Å². The predicted molar refractivity (Wildman–Crippen MR) is 83.1 cm³/mol. The molecule has 0 fully saturated rings. The summed E-state index contributed by atoms with van der Waals surface area (Å²) in [5.41, 5.74) is 7.37.